The molecule has 0 aliphatic heterocycles. The number of halogens is 2. The minimum atomic E-state index is -1.82. The zero-order valence-corrected chi connectivity index (χ0v) is 19.6. The van der Waals surface area contributed by atoms with Crippen molar-refractivity contribution in [3.8, 4) is 0 Å². The van der Waals surface area contributed by atoms with Crippen LogP contribution in [0, 0.1) is 0 Å². The van der Waals surface area contributed by atoms with E-state index in [1.807, 2.05) is 18.2 Å². The highest BCUT2D eigenvalue weighted by Crippen LogP contribution is 2.32. The number of aliphatic hydroxyl groups is 1. The van der Waals surface area contributed by atoms with Crippen molar-refractivity contribution in [1.82, 2.24) is 9.55 Å². The van der Waals surface area contributed by atoms with Crippen molar-refractivity contribution in [2.45, 2.75) is 17.0 Å². The number of carboxylic acid groups (broad SMARTS) is 2. The Labute approximate surface area is 204 Å². The Hall–Kier alpha value is -2.56. The van der Waals surface area contributed by atoms with Gasteiger partial charge >= 0.3 is 11.9 Å². The summed E-state index contributed by atoms with van der Waals surface area (Å²) in [6, 6.07) is 15.2. The number of ether oxygens (including phenoxy) is 1. The molecule has 3 rings (SSSR count). The molecular formula is C22H22Cl2N2O6S. The number of hydrogen-bond acceptors (Lipinski definition) is 6. The Balaban J connectivity index is 0.000000569. The van der Waals surface area contributed by atoms with Crippen molar-refractivity contribution in [3.05, 3.63) is 82.9 Å². The number of thioether (sulfide) groups is 1. The van der Waals surface area contributed by atoms with Crippen LogP contribution in [0.1, 0.15) is 5.56 Å². The van der Waals surface area contributed by atoms with E-state index in [9.17, 15) is 5.11 Å². The van der Waals surface area contributed by atoms with Crippen molar-refractivity contribution in [2.24, 2.45) is 0 Å². The number of aliphatic carboxylic acids is 2. The molecule has 1 unspecified atom stereocenters. The minimum absolute atomic E-state index is 0.113. The van der Waals surface area contributed by atoms with Crippen LogP contribution in [-0.4, -0.2) is 55.8 Å². The van der Waals surface area contributed by atoms with Crippen molar-refractivity contribution < 1.29 is 29.6 Å². The number of rotatable bonds is 9. The number of nitrogens with zero attached hydrogens (tertiary/aromatic N) is 2. The predicted octanol–water partition coefficient (Wildman–Crippen LogP) is 4.04. The summed E-state index contributed by atoms with van der Waals surface area (Å²) in [5.41, 5.74) is -0.710. The molecule has 0 radical (unpaired) electrons. The standard InChI is InChI=1S/C20H20Cl2N2O2S.C2H2O4/c21-16-6-7-18(19(22)12-16)20(25,13-24-9-8-23-15-24)14-26-10-11-27-17-4-2-1-3-5-17;3-1(4)2(5)6/h1-9,12,15,25H,10-11,13-14H2;(H,3,4)(H,5,6). The van der Waals surface area contributed by atoms with Crippen LogP contribution in [0.25, 0.3) is 0 Å². The first-order valence-electron chi connectivity index (χ1n) is 9.57. The SMILES string of the molecule is O=C(O)C(=O)O.OC(COCCSc1ccccc1)(Cn1ccnc1)c1ccc(Cl)cc1Cl. The Morgan fingerprint density at radius 3 is 2.36 bits per heavy atom. The van der Waals surface area contributed by atoms with Crippen LogP contribution in [-0.2, 0) is 26.5 Å². The molecule has 1 aromatic heterocycles. The lowest BCUT2D eigenvalue weighted by Gasteiger charge is -2.30. The fraction of sp³-hybridized carbons (Fsp3) is 0.227. The molecule has 3 N–H and O–H groups in total. The maximum atomic E-state index is 11.3. The average molecular weight is 513 g/mol. The van der Waals surface area contributed by atoms with Gasteiger partial charge < -0.3 is 24.6 Å². The highest BCUT2D eigenvalue weighted by atomic mass is 35.5. The summed E-state index contributed by atoms with van der Waals surface area (Å²) in [4.78, 5) is 23.4. The molecule has 1 heterocycles. The van der Waals surface area contributed by atoms with Gasteiger partial charge in [-0.05, 0) is 24.3 Å². The van der Waals surface area contributed by atoms with E-state index < -0.39 is 17.5 Å². The third kappa shape index (κ3) is 9.07. The Morgan fingerprint density at radius 2 is 1.79 bits per heavy atom. The Bertz CT molecular complexity index is 1020. The molecule has 1 atom stereocenters. The normalized spacial score (nSPS) is 12.3. The van der Waals surface area contributed by atoms with E-state index in [0.29, 0.717) is 22.2 Å². The van der Waals surface area contributed by atoms with Crippen LogP contribution in [0.4, 0.5) is 0 Å². The van der Waals surface area contributed by atoms with Crippen LogP contribution in [0.5, 0.6) is 0 Å². The predicted molar refractivity (Wildman–Crippen MR) is 126 cm³/mol. The summed E-state index contributed by atoms with van der Waals surface area (Å²) in [5, 5.41) is 27.0. The van der Waals surface area contributed by atoms with Crippen molar-refractivity contribution >= 4 is 46.9 Å². The van der Waals surface area contributed by atoms with Gasteiger partial charge in [0.1, 0.15) is 5.60 Å². The highest BCUT2D eigenvalue weighted by molar-refractivity contribution is 7.99. The molecule has 0 amide bonds. The molecule has 0 aliphatic rings. The van der Waals surface area contributed by atoms with Crippen molar-refractivity contribution in [1.29, 1.82) is 0 Å². The van der Waals surface area contributed by atoms with Gasteiger partial charge in [0, 0.05) is 38.7 Å². The van der Waals surface area contributed by atoms with Crippen LogP contribution >= 0.6 is 35.0 Å². The third-order valence-corrected chi connectivity index (χ3v) is 5.72. The lowest BCUT2D eigenvalue weighted by Crippen LogP contribution is -2.37. The highest BCUT2D eigenvalue weighted by Gasteiger charge is 2.32. The quantitative estimate of drug-likeness (QED) is 0.223. The van der Waals surface area contributed by atoms with Gasteiger partial charge in [0.15, 0.2) is 0 Å². The molecule has 11 heteroatoms. The maximum Gasteiger partial charge on any atom is 0.414 e. The molecule has 0 bridgehead atoms. The van der Waals surface area contributed by atoms with Crippen LogP contribution in [0.2, 0.25) is 10.0 Å². The zero-order chi connectivity index (χ0) is 24.3. The van der Waals surface area contributed by atoms with Gasteiger partial charge in [0.25, 0.3) is 0 Å². The number of aromatic nitrogens is 2. The lowest BCUT2D eigenvalue weighted by molar-refractivity contribution is -0.159. The van der Waals surface area contributed by atoms with Gasteiger partial charge in [-0.1, -0.05) is 47.5 Å². The molecule has 0 saturated heterocycles. The molecule has 0 aliphatic carbocycles. The molecule has 0 saturated carbocycles. The zero-order valence-electron chi connectivity index (χ0n) is 17.3. The van der Waals surface area contributed by atoms with E-state index in [2.05, 4.69) is 17.1 Å². The molecule has 8 nitrogen and oxygen atoms in total. The topological polar surface area (TPSA) is 122 Å². The second-order valence-corrected chi connectivity index (χ2v) is 8.73. The van der Waals surface area contributed by atoms with E-state index in [1.54, 1.807) is 53.2 Å². The van der Waals surface area contributed by atoms with E-state index >= 15 is 0 Å². The van der Waals surface area contributed by atoms with Crippen LogP contribution in [0.3, 0.4) is 0 Å². The fourth-order valence-corrected chi connectivity index (χ4v) is 4.10. The second kappa shape index (κ2) is 13.2. The van der Waals surface area contributed by atoms with Crippen LogP contribution in [0.15, 0.2) is 72.1 Å². The Kier molecular flexibility index (Phi) is 10.7. The average Bonchev–Trinajstić information content (AvgIpc) is 3.27. The lowest BCUT2D eigenvalue weighted by atomic mass is 9.94. The van der Waals surface area contributed by atoms with E-state index in [-0.39, 0.29) is 13.2 Å². The number of carbonyl (C=O) groups is 2. The first-order chi connectivity index (χ1) is 15.7. The number of benzene rings is 2. The summed E-state index contributed by atoms with van der Waals surface area (Å²) in [7, 11) is 0. The van der Waals surface area contributed by atoms with Gasteiger partial charge in [-0.25, -0.2) is 14.6 Å². The molecular weight excluding hydrogens is 491 g/mol. The molecule has 3 aromatic rings. The monoisotopic (exact) mass is 512 g/mol. The molecule has 0 spiro atoms. The van der Waals surface area contributed by atoms with E-state index in [1.165, 1.54) is 4.90 Å². The smallest absolute Gasteiger partial charge is 0.414 e. The van der Waals surface area contributed by atoms with Crippen molar-refractivity contribution in [3.63, 3.8) is 0 Å². The van der Waals surface area contributed by atoms with Crippen LogP contribution < -0.4 is 0 Å². The molecule has 2 aromatic carbocycles. The van der Waals surface area contributed by atoms with Gasteiger partial charge in [-0.15, -0.1) is 11.8 Å². The van der Waals surface area contributed by atoms with Gasteiger partial charge in [-0.3, -0.25) is 0 Å². The molecule has 0 fully saturated rings. The van der Waals surface area contributed by atoms with Gasteiger partial charge in [0.05, 0.1) is 26.1 Å². The minimum Gasteiger partial charge on any atom is -0.473 e. The first-order valence-corrected chi connectivity index (χ1v) is 11.3. The second-order valence-electron chi connectivity index (χ2n) is 6.72. The fourth-order valence-electron chi connectivity index (χ4n) is 2.73. The summed E-state index contributed by atoms with van der Waals surface area (Å²) in [6.45, 7) is 0.902. The van der Waals surface area contributed by atoms with Gasteiger partial charge in [0.2, 0.25) is 0 Å². The number of carboxylic acids is 2. The largest absolute Gasteiger partial charge is 0.473 e. The maximum absolute atomic E-state index is 11.3. The first kappa shape index (κ1) is 26.7. The van der Waals surface area contributed by atoms with E-state index in [4.69, 9.17) is 47.7 Å². The summed E-state index contributed by atoms with van der Waals surface area (Å²) < 4.78 is 7.61. The summed E-state index contributed by atoms with van der Waals surface area (Å²) in [6.07, 6.45) is 5.11. The number of hydrogen-bond donors (Lipinski definition) is 3. The molecule has 176 valence electrons. The Morgan fingerprint density at radius 1 is 1.09 bits per heavy atom. The number of imidazole rings is 1. The molecule has 33 heavy (non-hydrogen) atoms. The van der Waals surface area contributed by atoms with Gasteiger partial charge in [-0.2, -0.15) is 0 Å². The van der Waals surface area contributed by atoms with E-state index in [0.717, 1.165) is 5.75 Å². The summed E-state index contributed by atoms with van der Waals surface area (Å²) >= 11 is 14.1. The van der Waals surface area contributed by atoms with Crippen molar-refractivity contribution in [2.75, 3.05) is 19.0 Å². The summed E-state index contributed by atoms with van der Waals surface area (Å²) in [5.74, 6) is -2.86. The third-order valence-electron chi connectivity index (χ3n) is 4.20.